The molecule has 1 unspecified atom stereocenters. The van der Waals surface area contributed by atoms with Crippen LogP contribution in [0.15, 0.2) is 0 Å². The predicted molar refractivity (Wildman–Crippen MR) is 78.5 cm³/mol. The van der Waals surface area contributed by atoms with Crippen LogP contribution in [0.1, 0.15) is 33.6 Å². The molecule has 0 radical (unpaired) electrons. The van der Waals surface area contributed by atoms with E-state index in [-0.39, 0.29) is 0 Å². The molecule has 1 heterocycles. The van der Waals surface area contributed by atoms with Crippen molar-refractivity contribution in [1.82, 2.24) is 9.80 Å². The molecule has 1 fully saturated rings. The molecule has 0 aromatic rings. The summed E-state index contributed by atoms with van der Waals surface area (Å²) in [6.45, 7) is 12.9. The van der Waals surface area contributed by atoms with Crippen LogP contribution in [0.25, 0.3) is 0 Å². The SMILES string of the molecule is CCCCN(CCCl)CC1CN(C(C)C)CCO1. The summed E-state index contributed by atoms with van der Waals surface area (Å²) in [6, 6.07) is 0.619. The van der Waals surface area contributed by atoms with Gasteiger partial charge in [-0.3, -0.25) is 9.80 Å². The highest BCUT2D eigenvalue weighted by Gasteiger charge is 2.23. The van der Waals surface area contributed by atoms with Crippen molar-refractivity contribution in [2.24, 2.45) is 0 Å². The van der Waals surface area contributed by atoms with Crippen LogP contribution in [0.4, 0.5) is 0 Å². The molecule has 0 aromatic carbocycles. The molecule has 18 heavy (non-hydrogen) atoms. The van der Waals surface area contributed by atoms with Gasteiger partial charge in [0, 0.05) is 38.1 Å². The van der Waals surface area contributed by atoms with Gasteiger partial charge in [0.05, 0.1) is 12.7 Å². The Bertz CT molecular complexity index is 214. The second-order valence-corrected chi connectivity index (χ2v) is 5.80. The molecule has 1 rings (SSSR count). The maximum absolute atomic E-state index is 5.89. The third-order valence-electron chi connectivity index (χ3n) is 3.59. The van der Waals surface area contributed by atoms with E-state index in [0.717, 1.165) is 39.3 Å². The second-order valence-electron chi connectivity index (χ2n) is 5.42. The minimum Gasteiger partial charge on any atom is -0.374 e. The average Bonchev–Trinajstić information content (AvgIpc) is 2.36. The molecule has 4 heteroatoms. The molecule has 0 spiro atoms. The van der Waals surface area contributed by atoms with Crippen molar-refractivity contribution in [3.63, 3.8) is 0 Å². The second kappa shape index (κ2) is 9.13. The van der Waals surface area contributed by atoms with Gasteiger partial charge in [-0.15, -0.1) is 11.6 Å². The quantitative estimate of drug-likeness (QED) is 0.634. The molecule has 0 saturated carbocycles. The molecular weight excluding hydrogens is 248 g/mol. The van der Waals surface area contributed by atoms with E-state index in [0.29, 0.717) is 18.0 Å². The summed E-state index contributed by atoms with van der Waals surface area (Å²) >= 11 is 5.88. The van der Waals surface area contributed by atoms with Crippen molar-refractivity contribution in [2.45, 2.75) is 45.8 Å². The van der Waals surface area contributed by atoms with Gasteiger partial charge in [0.15, 0.2) is 0 Å². The first-order valence-electron chi connectivity index (χ1n) is 7.31. The number of halogens is 1. The average molecular weight is 277 g/mol. The van der Waals surface area contributed by atoms with E-state index in [1.807, 2.05) is 0 Å². The highest BCUT2D eigenvalue weighted by atomic mass is 35.5. The number of morpholine rings is 1. The summed E-state index contributed by atoms with van der Waals surface area (Å²) in [7, 11) is 0. The van der Waals surface area contributed by atoms with Crippen molar-refractivity contribution in [3.05, 3.63) is 0 Å². The van der Waals surface area contributed by atoms with Crippen LogP contribution in [-0.2, 0) is 4.74 Å². The van der Waals surface area contributed by atoms with Crippen LogP contribution in [-0.4, -0.2) is 67.2 Å². The number of ether oxygens (including phenoxy) is 1. The topological polar surface area (TPSA) is 15.7 Å². The molecule has 0 aromatic heterocycles. The highest BCUT2D eigenvalue weighted by Crippen LogP contribution is 2.10. The lowest BCUT2D eigenvalue weighted by Crippen LogP contribution is -2.50. The maximum Gasteiger partial charge on any atom is 0.0829 e. The molecule has 1 saturated heterocycles. The van der Waals surface area contributed by atoms with E-state index in [1.54, 1.807) is 0 Å². The molecule has 1 aliphatic heterocycles. The Morgan fingerprint density at radius 3 is 2.78 bits per heavy atom. The Kier molecular flexibility index (Phi) is 8.23. The third-order valence-corrected chi connectivity index (χ3v) is 3.76. The van der Waals surface area contributed by atoms with E-state index >= 15 is 0 Å². The fraction of sp³-hybridized carbons (Fsp3) is 1.00. The summed E-state index contributed by atoms with van der Waals surface area (Å²) in [6.07, 6.45) is 2.83. The normalized spacial score (nSPS) is 22.0. The molecule has 1 atom stereocenters. The Hall–Kier alpha value is 0.170. The summed E-state index contributed by atoms with van der Waals surface area (Å²) in [5.41, 5.74) is 0. The third kappa shape index (κ3) is 5.87. The summed E-state index contributed by atoms with van der Waals surface area (Å²) < 4.78 is 5.89. The van der Waals surface area contributed by atoms with Gasteiger partial charge >= 0.3 is 0 Å². The number of hydrogen-bond acceptors (Lipinski definition) is 3. The van der Waals surface area contributed by atoms with E-state index in [1.165, 1.54) is 12.8 Å². The molecule has 0 N–H and O–H groups in total. The zero-order valence-corrected chi connectivity index (χ0v) is 13.0. The molecule has 108 valence electrons. The summed E-state index contributed by atoms with van der Waals surface area (Å²) in [5, 5.41) is 0. The van der Waals surface area contributed by atoms with Crippen LogP contribution >= 0.6 is 11.6 Å². The first kappa shape index (κ1) is 16.2. The van der Waals surface area contributed by atoms with Crippen molar-refractivity contribution < 1.29 is 4.74 Å². The predicted octanol–water partition coefficient (Wildman–Crippen LogP) is 2.44. The minimum atomic E-state index is 0.348. The number of alkyl halides is 1. The first-order chi connectivity index (χ1) is 8.67. The van der Waals surface area contributed by atoms with Gasteiger partial charge in [0.1, 0.15) is 0 Å². The number of unbranched alkanes of at least 4 members (excludes halogenated alkanes) is 1. The number of nitrogens with zero attached hydrogens (tertiary/aromatic N) is 2. The highest BCUT2D eigenvalue weighted by molar-refractivity contribution is 6.18. The smallest absolute Gasteiger partial charge is 0.0829 e. The number of rotatable bonds is 8. The standard InChI is InChI=1S/C14H29ClN2O/c1-4-5-7-16(8-6-15)11-14-12-17(13(2)3)9-10-18-14/h13-14H,4-12H2,1-3H3. The lowest BCUT2D eigenvalue weighted by Gasteiger charge is -2.37. The Balaban J connectivity index is 2.37. The van der Waals surface area contributed by atoms with Crippen molar-refractivity contribution in [2.75, 3.05) is 45.2 Å². The van der Waals surface area contributed by atoms with Crippen LogP contribution in [0.2, 0.25) is 0 Å². The fourth-order valence-corrected chi connectivity index (χ4v) is 2.64. The fourth-order valence-electron chi connectivity index (χ4n) is 2.41. The van der Waals surface area contributed by atoms with Gasteiger partial charge < -0.3 is 4.74 Å². The largest absolute Gasteiger partial charge is 0.374 e. The summed E-state index contributed by atoms with van der Waals surface area (Å²) in [5.74, 6) is 0.713. The van der Waals surface area contributed by atoms with Crippen molar-refractivity contribution in [1.29, 1.82) is 0 Å². The van der Waals surface area contributed by atoms with E-state index in [4.69, 9.17) is 16.3 Å². The first-order valence-corrected chi connectivity index (χ1v) is 7.84. The van der Waals surface area contributed by atoms with E-state index < -0.39 is 0 Å². The molecular formula is C14H29ClN2O. The van der Waals surface area contributed by atoms with Crippen molar-refractivity contribution >= 4 is 11.6 Å². The maximum atomic E-state index is 5.89. The van der Waals surface area contributed by atoms with Gasteiger partial charge in [0.2, 0.25) is 0 Å². The zero-order chi connectivity index (χ0) is 13.4. The monoisotopic (exact) mass is 276 g/mol. The number of hydrogen-bond donors (Lipinski definition) is 0. The summed E-state index contributed by atoms with van der Waals surface area (Å²) in [4.78, 5) is 4.96. The molecule has 1 aliphatic rings. The van der Waals surface area contributed by atoms with Crippen LogP contribution < -0.4 is 0 Å². The zero-order valence-electron chi connectivity index (χ0n) is 12.2. The Morgan fingerprint density at radius 2 is 2.17 bits per heavy atom. The Morgan fingerprint density at radius 1 is 1.39 bits per heavy atom. The lowest BCUT2D eigenvalue weighted by atomic mass is 10.2. The molecule has 0 bridgehead atoms. The van der Waals surface area contributed by atoms with Gasteiger partial charge in [-0.05, 0) is 26.8 Å². The van der Waals surface area contributed by atoms with E-state index in [2.05, 4.69) is 30.6 Å². The van der Waals surface area contributed by atoms with Crippen LogP contribution in [0.3, 0.4) is 0 Å². The molecule has 0 aliphatic carbocycles. The van der Waals surface area contributed by atoms with Gasteiger partial charge in [-0.25, -0.2) is 0 Å². The molecule has 3 nitrogen and oxygen atoms in total. The van der Waals surface area contributed by atoms with Gasteiger partial charge in [-0.2, -0.15) is 0 Å². The minimum absolute atomic E-state index is 0.348. The van der Waals surface area contributed by atoms with Crippen LogP contribution in [0, 0.1) is 0 Å². The van der Waals surface area contributed by atoms with Gasteiger partial charge in [-0.1, -0.05) is 13.3 Å². The lowest BCUT2D eigenvalue weighted by molar-refractivity contribution is -0.0516. The van der Waals surface area contributed by atoms with Crippen molar-refractivity contribution in [3.8, 4) is 0 Å². The Labute approximate surface area is 117 Å². The van der Waals surface area contributed by atoms with Crippen LogP contribution in [0.5, 0.6) is 0 Å². The van der Waals surface area contributed by atoms with Gasteiger partial charge in [0.25, 0.3) is 0 Å². The van der Waals surface area contributed by atoms with E-state index in [9.17, 15) is 0 Å². The molecule has 0 amide bonds.